The quantitative estimate of drug-likeness (QED) is 0.484. The fourth-order valence-corrected chi connectivity index (χ4v) is 2.29. The van der Waals surface area contributed by atoms with Crippen molar-refractivity contribution in [3.63, 3.8) is 0 Å². The van der Waals surface area contributed by atoms with Crippen molar-refractivity contribution >= 4 is 21.5 Å². The van der Waals surface area contributed by atoms with Crippen molar-refractivity contribution in [2.45, 2.75) is 0 Å². The average molecular weight is 262 g/mol. The molecule has 0 bridgehead atoms. The highest BCUT2D eigenvalue weighted by Gasteiger charge is 2.02. The molecule has 2 nitrogen and oxygen atoms in total. The van der Waals surface area contributed by atoms with Gasteiger partial charge in [0.1, 0.15) is 11.5 Å². The highest BCUT2D eigenvalue weighted by molar-refractivity contribution is 5.99. The predicted molar refractivity (Wildman–Crippen MR) is 83.1 cm³/mol. The summed E-state index contributed by atoms with van der Waals surface area (Å²) in [6.45, 7) is 7.14. The maximum atomic E-state index is 5.31. The molecular formula is C18H14O2. The van der Waals surface area contributed by atoms with Gasteiger partial charge in [-0.3, -0.25) is 0 Å². The minimum absolute atomic E-state index is 0.783. The average Bonchev–Trinajstić information content (AvgIpc) is 2.46. The van der Waals surface area contributed by atoms with Crippen molar-refractivity contribution < 1.29 is 9.47 Å². The molecule has 0 aliphatic carbocycles. The van der Waals surface area contributed by atoms with E-state index in [0.717, 1.165) is 22.3 Å². The Labute approximate surface area is 117 Å². The first-order chi connectivity index (χ1) is 9.80. The van der Waals surface area contributed by atoms with Crippen molar-refractivity contribution in [2.24, 2.45) is 0 Å². The molecule has 3 aromatic rings. The Hall–Kier alpha value is -2.74. The summed E-state index contributed by atoms with van der Waals surface area (Å²) in [7, 11) is 0. The molecule has 0 heterocycles. The van der Waals surface area contributed by atoms with Gasteiger partial charge in [0.05, 0.1) is 12.5 Å². The standard InChI is InChI=1S/C18H14O2/c1-3-19-17-7-5-13-9-14-6-8-18(20-4-2)12-16(14)10-15(13)11-17/h3-12H,1-2H2. The zero-order valence-electron chi connectivity index (χ0n) is 11.0. The maximum Gasteiger partial charge on any atom is 0.127 e. The summed E-state index contributed by atoms with van der Waals surface area (Å²) in [4.78, 5) is 0. The van der Waals surface area contributed by atoms with Gasteiger partial charge >= 0.3 is 0 Å². The largest absolute Gasteiger partial charge is 0.466 e. The number of hydrogen-bond acceptors (Lipinski definition) is 2. The summed E-state index contributed by atoms with van der Waals surface area (Å²) >= 11 is 0. The molecule has 0 spiro atoms. The second-order valence-electron chi connectivity index (χ2n) is 4.44. The molecule has 0 unspecified atom stereocenters. The monoisotopic (exact) mass is 262 g/mol. The molecule has 0 saturated heterocycles. The molecule has 2 heteroatoms. The number of benzene rings is 3. The van der Waals surface area contributed by atoms with Crippen LogP contribution < -0.4 is 9.47 Å². The molecule has 0 aliphatic rings. The predicted octanol–water partition coefficient (Wildman–Crippen LogP) is 5.04. The van der Waals surface area contributed by atoms with Gasteiger partial charge in [0, 0.05) is 0 Å². The molecule has 98 valence electrons. The van der Waals surface area contributed by atoms with Crippen LogP contribution in [0, 0.1) is 0 Å². The van der Waals surface area contributed by atoms with E-state index in [1.807, 2.05) is 36.4 Å². The molecule has 0 fully saturated rings. The molecule has 0 radical (unpaired) electrons. The SMILES string of the molecule is C=COc1ccc2cc3ccc(OC=C)cc3cc2c1. The Bertz CT molecular complexity index is 738. The van der Waals surface area contributed by atoms with E-state index in [9.17, 15) is 0 Å². The van der Waals surface area contributed by atoms with Crippen LogP contribution in [0.1, 0.15) is 0 Å². The molecule has 3 aromatic carbocycles. The van der Waals surface area contributed by atoms with Crippen molar-refractivity contribution in [1.82, 2.24) is 0 Å². The van der Waals surface area contributed by atoms with E-state index in [1.165, 1.54) is 23.3 Å². The summed E-state index contributed by atoms with van der Waals surface area (Å²) in [5.74, 6) is 1.57. The smallest absolute Gasteiger partial charge is 0.127 e. The molecule has 0 saturated carbocycles. The van der Waals surface area contributed by atoms with Gasteiger partial charge < -0.3 is 9.47 Å². The summed E-state index contributed by atoms with van der Waals surface area (Å²) in [6, 6.07) is 16.2. The van der Waals surface area contributed by atoms with Gasteiger partial charge in [-0.1, -0.05) is 25.3 Å². The van der Waals surface area contributed by atoms with Crippen LogP contribution >= 0.6 is 0 Å². The second kappa shape index (κ2) is 5.10. The Balaban J connectivity index is 2.18. The van der Waals surface area contributed by atoms with Crippen LogP contribution in [0.15, 0.2) is 74.2 Å². The summed E-state index contributed by atoms with van der Waals surface area (Å²) in [5, 5.41) is 4.58. The highest BCUT2D eigenvalue weighted by Crippen LogP contribution is 2.28. The van der Waals surface area contributed by atoms with Crippen LogP contribution in [0.5, 0.6) is 11.5 Å². The van der Waals surface area contributed by atoms with E-state index in [1.54, 1.807) is 0 Å². The number of rotatable bonds is 4. The first kappa shape index (κ1) is 12.3. The molecule has 0 amide bonds. The fraction of sp³-hybridized carbons (Fsp3) is 0. The van der Waals surface area contributed by atoms with Crippen LogP contribution in [0.4, 0.5) is 0 Å². The van der Waals surface area contributed by atoms with Gasteiger partial charge in [0.25, 0.3) is 0 Å². The van der Waals surface area contributed by atoms with Gasteiger partial charge in [-0.25, -0.2) is 0 Å². The van der Waals surface area contributed by atoms with Crippen LogP contribution in [-0.2, 0) is 0 Å². The zero-order chi connectivity index (χ0) is 13.9. The Morgan fingerprint density at radius 2 is 1.05 bits per heavy atom. The lowest BCUT2D eigenvalue weighted by molar-refractivity contribution is 0.484. The Kier molecular flexibility index (Phi) is 3.13. The third-order valence-corrected chi connectivity index (χ3v) is 3.18. The van der Waals surface area contributed by atoms with E-state index in [4.69, 9.17) is 9.47 Å². The van der Waals surface area contributed by atoms with Crippen molar-refractivity contribution in [1.29, 1.82) is 0 Å². The van der Waals surface area contributed by atoms with E-state index < -0.39 is 0 Å². The third kappa shape index (κ3) is 2.24. The summed E-state index contributed by atoms with van der Waals surface area (Å²) < 4.78 is 10.6. The normalized spacial score (nSPS) is 10.4. The topological polar surface area (TPSA) is 18.5 Å². The zero-order valence-corrected chi connectivity index (χ0v) is 11.0. The van der Waals surface area contributed by atoms with E-state index in [2.05, 4.69) is 25.3 Å². The maximum absolute atomic E-state index is 5.31. The van der Waals surface area contributed by atoms with Crippen molar-refractivity contribution in [2.75, 3.05) is 0 Å². The van der Waals surface area contributed by atoms with Crippen LogP contribution in [0.25, 0.3) is 21.5 Å². The lowest BCUT2D eigenvalue weighted by atomic mass is 10.0. The van der Waals surface area contributed by atoms with Gasteiger partial charge in [0.15, 0.2) is 0 Å². The molecule has 0 atom stereocenters. The molecule has 0 aromatic heterocycles. The number of hydrogen-bond donors (Lipinski definition) is 0. The lowest BCUT2D eigenvalue weighted by Gasteiger charge is -2.06. The van der Waals surface area contributed by atoms with Gasteiger partial charge in [-0.2, -0.15) is 0 Å². The Morgan fingerprint density at radius 3 is 1.50 bits per heavy atom. The molecule has 0 N–H and O–H groups in total. The minimum atomic E-state index is 0.783. The van der Waals surface area contributed by atoms with E-state index in [-0.39, 0.29) is 0 Å². The first-order valence-electron chi connectivity index (χ1n) is 6.33. The minimum Gasteiger partial charge on any atom is -0.466 e. The van der Waals surface area contributed by atoms with Gasteiger partial charge in [-0.15, -0.1) is 0 Å². The van der Waals surface area contributed by atoms with Crippen LogP contribution in [0.2, 0.25) is 0 Å². The van der Waals surface area contributed by atoms with Crippen LogP contribution in [0.3, 0.4) is 0 Å². The first-order valence-corrected chi connectivity index (χ1v) is 6.33. The third-order valence-electron chi connectivity index (χ3n) is 3.18. The summed E-state index contributed by atoms with van der Waals surface area (Å²) in [6.07, 6.45) is 2.86. The van der Waals surface area contributed by atoms with Gasteiger partial charge in [-0.05, 0) is 57.9 Å². The fourth-order valence-electron chi connectivity index (χ4n) is 2.29. The molecule has 0 aliphatic heterocycles. The molecule has 3 rings (SSSR count). The lowest BCUT2D eigenvalue weighted by Crippen LogP contribution is -1.83. The number of ether oxygens (including phenoxy) is 2. The van der Waals surface area contributed by atoms with E-state index in [0.29, 0.717) is 0 Å². The van der Waals surface area contributed by atoms with E-state index >= 15 is 0 Å². The Morgan fingerprint density at radius 1 is 0.600 bits per heavy atom. The number of fused-ring (bicyclic) bond motifs is 2. The summed E-state index contributed by atoms with van der Waals surface area (Å²) in [5.41, 5.74) is 0. The van der Waals surface area contributed by atoms with Gasteiger partial charge in [0.2, 0.25) is 0 Å². The molecule has 20 heavy (non-hydrogen) atoms. The van der Waals surface area contributed by atoms with Crippen molar-refractivity contribution in [3.8, 4) is 11.5 Å². The highest BCUT2D eigenvalue weighted by atomic mass is 16.5. The molecular weight excluding hydrogens is 248 g/mol. The second-order valence-corrected chi connectivity index (χ2v) is 4.44. The van der Waals surface area contributed by atoms with Crippen LogP contribution in [-0.4, -0.2) is 0 Å². The van der Waals surface area contributed by atoms with Crippen molar-refractivity contribution in [3.05, 3.63) is 74.2 Å².